The summed E-state index contributed by atoms with van der Waals surface area (Å²) in [6.45, 7) is 5.27. The number of aromatic nitrogens is 1. The normalized spacial score (nSPS) is 12.6. The molecule has 0 radical (unpaired) electrons. The molecule has 0 saturated carbocycles. The molecule has 1 aromatic carbocycles. The number of carbonyl (C=O) groups is 1. The number of benzene rings is 1. The Morgan fingerprint density at radius 3 is 3.00 bits per heavy atom. The summed E-state index contributed by atoms with van der Waals surface area (Å²) in [5.41, 5.74) is 2.14. The number of fused-ring (bicyclic) bond motifs is 1. The first-order valence-electron chi connectivity index (χ1n) is 6.88. The lowest BCUT2D eigenvalue weighted by Crippen LogP contribution is -2.42. The molecule has 0 bridgehead atoms. The van der Waals surface area contributed by atoms with E-state index < -0.39 is 0 Å². The van der Waals surface area contributed by atoms with Crippen LogP contribution in [0.25, 0.3) is 10.9 Å². The van der Waals surface area contributed by atoms with Gasteiger partial charge in [-0.2, -0.15) is 0 Å². The molecule has 0 fully saturated rings. The molecule has 1 atom stereocenters. The average molecular weight is 294 g/mol. The summed E-state index contributed by atoms with van der Waals surface area (Å²) in [5, 5.41) is 7.96. The molecule has 20 heavy (non-hydrogen) atoms. The first-order chi connectivity index (χ1) is 9.61. The van der Waals surface area contributed by atoms with Crippen LogP contribution in [0.1, 0.15) is 25.8 Å². The summed E-state index contributed by atoms with van der Waals surface area (Å²) in [7, 11) is 0. The minimum atomic E-state index is -0.209. The van der Waals surface area contributed by atoms with E-state index in [1.807, 2.05) is 38.2 Å². The minimum absolute atomic E-state index is 0.0368. The van der Waals surface area contributed by atoms with E-state index in [0.29, 0.717) is 11.6 Å². The van der Waals surface area contributed by atoms with Crippen LogP contribution < -0.4 is 10.6 Å². The van der Waals surface area contributed by atoms with Crippen molar-refractivity contribution in [2.45, 2.75) is 32.9 Å². The number of hydrogen-bond donors (Lipinski definition) is 3. The van der Waals surface area contributed by atoms with Gasteiger partial charge in [0.05, 0.1) is 6.04 Å². The quantitative estimate of drug-likeness (QED) is 0.767. The lowest BCUT2D eigenvalue weighted by molar-refractivity contribution is -0.122. The van der Waals surface area contributed by atoms with Gasteiger partial charge in [0.1, 0.15) is 0 Å². The van der Waals surface area contributed by atoms with E-state index in [1.54, 1.807) is 0 Å². The molecular formula is C15H20ClN3O. The summed E-state index contributed by atoms with van der Waals surface area (Å²) in [4.78, 5) is 15.0. The molecule has 1 aromatic heterocycles. The van der Waals surface area contributed by atoms with Crippen LogP contribution in [0.4, 0.5) is 0 Å². The van der Waals surface area contributed by atoms with Crippen LogP contribution in [-0.2, 0) is 11.3 Å². The Morgan fingerprint density at radius 1 is 1.45 bits per heavy atom. The van der Waals surface area contributed by atoms with Gasteiger partial charge in [-0.05, 0) is 31.0 Å². The first-order valence-corrected chi connectivity index (χ1v) is 7.26. The van der Waals surface area contributed by atoms with Crippen LogP contribution in [0.3, 0.4) is 0 Å². The zero-order valence-corrected chi connectivity index (χ0v) is 12.6. The summed E-state index contributed by atoms with van der Waals surface area (Å²) in [5.74, 6) is 0.0368. The van der Waals surface area contributed by atoms with E-state index in [9.17, 15) is 4.79 Å². The zero-order valence-electron chi connectivity index (χ0n) is 11.8. The van der Waals surface area contributed by atoms with Crippen molar-refractivity contribution in [1.29, 1.82) is 0 Å². The Bertz CT molecular complexity index is 594. The van der Waals surface area contributed by atoms with E-state index in [-0.39, 0.29) is 11.9 Å². The highest BCUT2D eigenvalue weighted by atomic mass is 35.5. The SMILES string of the molecule is CCCNC(=O)C(C)NCc1c[nH]c2cc(Cl)ccc12. The molecule has 5 heteroatoms. The first kappa shape index (κ1) is 14.9. The van der Waals surface area contributed by atoms with Gasteiger partial charge in [0.25, 0.3) is 0 Å². The molecule has 3 N–H and O–H groups in total. The molecule has 108 valence electrons. The Morgan fingerprint density at radius 2 is 2.25 bits per heavy atom. The summed E-state index contributed by atoms with van der Waals surface area (Å²) >= 11 is 5.96. The summed E-state index contributed by atoms with van der Waals surface area (Å²) < 4.78 is 0. The number of aromatic amines is 1. The van der Waals surface area contributed by atoms with Crippen LogP contribution in [0.2, 0.25) is 5.02 Å². The number of rotatable bonds is 6. The van der Waals surface area contributed by atoms with Gasteiger partial charge in [-0.3, -0.25) is 4.79 Å². The predicted octanol–water partition coefficient (Wildman–Crippen LogP) is 2.83. The molecule has 0 spiro atoms. The maximum absolute atomic E-state index is 11.8. The van der Waals surface area contributed by atoms with Crippen molar-refractivity contribution in [3.63, 3.8) is 0 Å². The molecule has 0 saturated heterocycles. The molecule has 1 unspecified atom stereocenters. The van der Waals surface area contributed by atoms with Crippen molar-refractivity contribution in [2.24, 2.45) is 0 Å². The van der Waals surface area contributed by atoms with E-state index in [1.165, 1.54) is 0 Å². The third kappa shape index (κ3) is 3.52. The fourth-order valence-corrected chi connectivity index (χ4v) is 2.23. The fourth-order valence-electron chi connectivity index (χ4n) is 2.06. The number of carbonyl (C=O) groups excluding carboxylic acids is 1. The number of amides is 1. The number of nitrogens with one attached hydrogen (secondary N) is 3. The zero-order chi connectivity index (χ0) is 14.5. The molecule has 2 aromatic rings. The standard InChI is InChI=1S/C15H20ClN3O/c1-3-6-17-15(20)10(2)18-8-11-9-19-14-7-12(16)4-5-13(11)14/h4-5,7,9-10,18-19H,3,6,8H2,1-2H3,(H,17,20). The second kappa shape index (κ2) is 6.77. The van der Waals surface area contributed by atoms with Gasteiger partial charge in [0, 0.05) is 35.2 Å². The smallest absolute Gasteiger partial charge is 0.236 e. The summed E-state index contributed by atoms with van der Waals surface area (Å²) in [6, 6.07) is 5.56. The third-order valence-corrected chi connectivity index (χ3v) is 3.51. The third-order valence-electron chi connectivity index (χ3n) is 3.27. The predicted molar refractivity (Wildman–Crippen MR) is 82.9 cm³/mol. The van der Waals surface area contributed by atoms with E-state index in [0.717, 1.165) is 29.4 Å². The van der Waals surface area contributed by atoms with Gasteiger partial charge in [-0.15, -0.1) is 0 Å². The molecular weight excluding hydrogens is 274 g/mol. The second-order valence-corrected chi connectivity index (χ2v) is 5.33. The summed E-state index contributed by atoms with van der Waals surface area (Å²) in [6.07, 6.45) is 2.90. The maximum atomic E-state index is 11.8. The highest BCUT2D eigenvalue weighted by molar-refractivity contribution is 6.31. The van der Waals surface area contributed by atoms with Gasteiger partial charge in [-0.25, -0.2) is 0 Å². The Labute approximate surface area is 123 Å². The largest absolute Gasteiger partial charge is 0.361 e. The Kier molecular flexibility index (Phi) is 5.04. The topological polar surface area (TPSA) is 56.9 Å². The van der Waals surface area contributed by atoms with Crippen molar-refractivity contribution >= 4 is 28.4 Å². The molecule has 1 amide bonds. The fraction of sp³-hybridized carbons (Fsp3) is 0.400. The van der Waals surface area contributed by atoms with E-state index in [4.69, 9.17) is 11.6 Å². The van der Waals surface area contributed by atoms with Gasteiger partial charge in [0.15, 0.2) is 0 Å². The number of H-pyrrole nitrogens is 1. The monoisotopic (exact) mass is 293 g/mol. The Balaban J connectivity index is 1.97. The molecule has 4 nitrogen and oxygen atoms in total. The molecule has 0 aliphatic carbocycles. The lowest BCUT2D eigenvalue weighted by atomic mass is 10.1. The number of hydrogen-bond acceptors (Lipinski definition) is 2. The molecule has 0 aliphatic heterocycles. The van der Waals surface area contributed by atoms with E-state index in [2.05, 4.69) is 15.6 Å². The highest BCUT2D eigenvalue weighted by Crippen LogP contribution is 2.21. The van der Waals surface area contributed by atoms with Crippen molar-refractivity contribution in [3.8, 4) is 0 Å². The highest BCUT2D eigenvalue weighted by Gasteiger charge is 2.12. The average Bonchev–Trinajstić information content (AvgIpc) is 2.84. The van der Waals surface area contributed by atoms with Gasteiger partial charge < -0.3 is 15.6 Å². The van der Waals surface area contributed by atoms with Gasteiger partial charge in [0.2, 0.25) is 5.91 Å². The molecule has 0 aliphatic rings. The maximum Gasteiger partial charge on any atom is 0.236 e. The van der Waals surface area contributed by atoms with Gasteiger partial charge >= 0.3 is 0 Å². The van der Waals surface area contributed by atoms with Crippen LogP contribution in [-0.4, -0.2) is 23.5 Å². The van der Waals surface area contributed by atoms with Crippen LogP contribution in [0, 0.1) is 0 Å². The van der Waals surface area contributed by atoms with Crippen LogP contribution >= 0.6 is 11.6 Å². The van der Waals surface area contributed by atoms with Gasteiger partial charge in [-0.1, -0.05) is 24.6 Å². The minimum Gasteiger partial charge on any atom is -0.361 e. The van der Waals surface area contributed by atoms with Crippen molar-refractivity contribution in [3.05, 3.63) is 35.0 Å². The van der Waals surface area contributed by atoms with E-state index >= 15 is 0 Å². The van der Waals surface area contributed by atoms with Crippen molar-refractivity contribution in [1.82, 2.24) is 15.6 Å². The lowest BCUT2D eigenvalue weighted by Gasteiger charge is -2.13. The van der Waals surface area contributed by atoms with Crippen LogP contribution in [0.15, 0.2) is 24.4 Å². The van der Waals surface area contributed by atoms with Crippen molar-refractivity contribution in [2.75, 3.05) is 6.54 Å². The second-order valence-electron chi connectivity index (χ2n) is 4.90. The van der Waals surface area contributed by atoms with Crippen LogP contribution in [0.5, 0.6) is 0 Å². The Hall–Kier alpha value is -1.52. The van der Waals surface area contributed by atoms with Crippen molar-refractivity contribution < 1.29 is 4.79 Å². The molecule has 2 rings (SSSR count). The number of halogens is 1. The molecule has 1 heterocycles.